The van der Waals surface area contributed by atoms with Gasteiger partial charge in [-0.25, -0.2) is 9.97 Å². The van der Waals surface area contributed by atoms with Crippen LogP contribution in [-0.2, 0) is 9.47 Å². The van der Waals surface area contributed by atoms with Crippen LogP contribution in [0.15, 0.2) is 0 Å². The molecule has 0 aliphatic carbocycles. The van der Waals surface area contributed by atoms with Crippen molar-refractivity contribution in [1.82, 2.24) is 9.97 Å². The molecule has 6 heteroatoms. The van der Waals surface area contributed by atoms with Gasteiger partial charge in [-0.1, -0.05) is 0 Å². The summed E-state index contributed by atoms with van der Waals surface area (Å²) in [6.07, 6.45) is 0.933. The summed E-state index contributed by atoms with van der Waals surface area (Å²) in [4.78, 5) is 8.84. The van der Waals surface area contributed by atoms with Gasteiger partial charge in [0.15, 0.2) is 0 Å². The van der Waals surface area contributed by atoms with Gasteiger partial charge in [-0.2, -0.15) is 0 Å². The van der Waals surface area contributed by atoms with Crippen molar-refractivity contribution in [2.75, 3.05) is 50.7 Å². The lowest BCUT2D eigenvalue weighted by atomic mass is 10.3. The van der Waals surface area contributed by atoms with E-state index >= 15 is 0 Å². The van der Waals surface area contributed by atoms with Crippen molar-refractivity contribution >= 4 is 11.6 Å². The van der Waals surface area contributed by atoms with Gasteiger partial charge in [0, 0.05) is 32.4 Å². The second kappa shape index (κ2) is 9.50. The summed E-state index contributed by atoms with van der Waals surface area (Å²) < 4.78 is 10.3. The zero-order valence-corrected chi connectivity index (χ0v) is 13.0. The molecular weight excluding hydrogens is 256 g/mol. The topological polar surface area (TPSA) is 68.3 Å². The van der Waals surface area contributed by atoms with Crippen molar-refractivity contribution < 1.29 is 9.47 Å². The van der Waals surface area contributed by atoms with Crippen LogP contribution >= 0.6 is 0 Å². The minimum absolute atomic E-state index is 0.643. The first-order valence-electron chi connectivity index (χ1n) is 7.08. The molecular formula is C14H26N4O2. The summed E-state index contributed by atoms with van der Waals surface area (Å²) in [5.41, 5.74) is 1.05. The average molecular weight is 282 g/mol. The largest absolute Gasteiger partial charge is 0.382 e. The number of nitrogens with zero attached hydrogens (tertiary/aromatic N) is 2. The fourth-order valence-corrected chi connectivity index (χ4v) is 1.77. The lowest BCUT2D eigenvalue weighted by Crippen LogP contribution is -2.12. The molecule has 0 spiro atoms. The molecule has 20 heavy (non-hydrogen) atoms. The monoisotopic (exact) mass is 282 g/mol. The number of methoxy groups -OCH3 is 1. The van der Waals surface area contributed by atoms with E-state index in [2.05, 4.69) is 27.5 Å². The summed E-state index contributed by atoms with van der Waals surface area (Å²) in [6.45, 7) is 9.67. The Hall–Kier alpha value is -1.40. The Kier molecular flexibility index (Phi) is 7.91. The second-order valence-corrected chi connectivity index (χ2v) is 4.51. The maximum absolute atomic E-state index is 5.42. The number of nitrogens with one attached hydrogen (secondary N) is 2. The molecule has 2 N–H and O–H groups in total. The third kappa shape index (κ3) is 5.71. The van der Waals surface area contributed by atoms with E-state index in [4.69, 9.17) is 9.47 Å². The van der Waals surface area contributed by atoms with Gasteiger partial charge >= 0.3 is 0 Å². The minimum atomic E-state index is 0.643. The van der Waals surface area contributed by atoms with E-state index in [-0.39, 0.29) is 0 Å². The first-order chi connectivity index (χ1) is 9.69. The molecule has 0 saturated heterocycles. The number of hydrogen-bond acceptors (Lipinski definition) is 6. The zero-order chi connectivity index (χ0) is 14.8. The van der Waals surface area contributed by atoms with Crippen molar-refractivity contribution in [3.8, 4) is 0 Å². The van der Waals surface area contributed by atoms with Crippen LogP contribution in [0.2, 0.25) is 0 Å². The summed E-state index contributed by atoms with van der Waals surface area (Å²) >= 11 is 0. The maximum atomic E-state index is 5.42. The SMILES string of the molecule is CCNc1nc(C)nc(NCCCOCCOC)c1C. The highest BCUT2D eigenvalue weighted by Crippen LogP contribution is 2.19. The molecule has 0 aliphatic rings. The molecule has 0 aromatic carbocycles. The quantitative estimate of drug-likeness (QED) is 0.640. The van der Waals surface area contributed by atoms with Crippen LogP contribution in [0.3, 0.4) is 0 Å². The van der Waals surface area contributed by atoms with Gasteiger partial charge in [0.2, 0.25) is 0 Å². The highest BCUT2D eigenvalue weighted by Gasteiger charge is 2.07. The first-order valence-corrected chi connectivity index (χ1v) is 7.08. The van der Waals surface area contributed by atoms with Gasteiger partial charge in [-0.3, -0.25) is 0 Å². The van der Waals surface area contributed by atoms with E-state index in [1.165, 1.54) is 0 Å². The third-order valence-electron chi connectivity index (χ3n) is 2.79. The van der Waals surface area contributed by atoms with Crippen LogP contribution in [-0.4, -0.2) is 50.0 Å². The van der Waals surface area contributed by atoms with Crippen LogP contribution in [0.4, 0.5) is 11.6 Å². The van der Waals surface area contributed by atoms with E-state index in [1.54, 1.807) is 7.11 Å². The highest BCUT2D eigenvalue weighted by molar-refractivity contribution is 5.57. The van der Waals surface area contributed by atoms with Crippen molar-refractivity contribution in [1.29, 1.82) is 0 Å². The molecule has 1 rings (SSSR count). The molecule has 0 fully saturated rings. The Morgan fingerprint density at radius 3 is 2.35 bits per heavy atom. The van der Waals surface area contributed by atoms with Crippen LogP contribution in [0.5, 0.6) is 0 Å². The van der Waals surface area contributed by atoms with Gasteiger partial charge in [0.1, 0.15) is 17.5 Å². The van der Waals surface area contributed by atoms with Gasteiger partial charge < -0.3 is 20.1 Å². The van der Waals surface area contributed by atoms with Gasteiger partial charge in [0.25, 0.3) is 0 Å². The van der Waals surface area contributed by atoms with Crippen LogP contribution in [0, 0.1) is 13.8 Å². The molecule has 0 saturated carbocycles. The van der Waals surface area contributed by atoms with E-state index < -0.39 is 0 Å². The third-order valence-corrected chi connectivity index (χ3v) is 2.79. The molecule has 0 unspecified atom stereocenters. The zero-order valence-electron chi connectivity index (χ0n) is 13.0. The lowest BCUT2D eigenvalue weighted by Gasteiger charge is -2.13. The average Bonchev–Trinajstić information content (AvgIpc) is 2.43. The van der Waals surface area contributed by atoms with Crippen LogP contribution < -0.4 is 10.6 Å². The molecule has 114 valence electrons. The normalized spacial score (nSPS) is 10.6. The number of hydrogen-bond donors (Lipinski definition) is 2. The van der Waals surface area contributed by atoms with E-state index in [1.807, 2.05) is 13.8 Å². The standard InChI is InChI=1S/C14H26N4O2/c1-5-15-13-11(2)14(18-12(3)17-13)16-7-6-8-20-10-9-19-4/h5-10H2,1-4H3,(H2,15,16,17,18). The molecule has 0 atom stereocenters. The Morgan fingerprint density at radius 2 is 1.70 bits per heavy atom. The molecule has 1 aromatic rings. The highest BCUT2D eigenvalue weighted by atomic mass is 16.5. The Labute approximate surface area is 121 Å². The van der Waals surface area contributed by atoms with Gasteiger partial charge in [-0.05, 0) is 27.2 Å². The first kappa shape index (κ1) is 16.7. The Bertz CT molecular complexity index is 399. The Balaban J connectivity index is 2.39. The molecule has 0 bridgehead atoms. The van der Waals surface area contributed by atoms with E-state index in [9.17, 15) is 0 Å². The predicted octanol–water partition coefficient (Wildman–Crippen LogP) is 1.99. The van der Waals surface area contributed by atoms with Crippen molar-refractivity contribution in [3.63, 3.8) is 0 Å². The smallest absolute Gasteiger partial charge is 0.134 e. The van der Waals surface area contributed by atoms with Crippen LogP contribution in [0.1, 0.15) is 24.7 Å². The number of anilines is 2. The molecule has 0 amide bonds. The number of rotatable bonds is 10. The number of ether oxygens (including phenoxy) is 2. The van der Waals surface area contributed by atoms with Gasteiger partial charge in [-0.15, -0.1) is 0 Å². The lowest BCUT2D eigenvalue weighted by molar-refractivity contribution is 0.0705. The molecule has 0 aliphatic heterocycles. The number of aromatic nitrogens is 2. The van der Waals surface area contributed by atoms with Crippen molar-refractivity contribution in [3.05, 3.63) is 11.4 Å². The van der Waals surface area contributed by atoms with E-state index in [0.717, 1.165) is 49.1 Å². The van der Waals surface area contributed by atoms with Crippen molar-refractivity contribution in [2.45, 2.75) is 27.2 Å². The summed E-state index contributed by atoms with van der Waals surface area (Å²) in [5.74, 6) is 2.56. The second-order valence-electron chi connectivity index (χ2n) is 4.51. The van der Waals surface area contributed by atoms with Crippen LogP contribution in [0.25, 0.3) is 0 Å². The molecule has 1 heterocycles. The molecule has 6 nitrogen and oxygen atoms in total. The molecule has 1 aromatic heterocycles. The summed E-state index contributed by atoms with van der Waals surface area (Å²) in [5, 5.41) is 6.59. The number of aryl methyl sites for hydroxylation is 1. The fourth-order valence-electron chi connectivity index (χ4n) is 1.77. The van der Waals surface area contributed by atoms with Crippen molar-refractivity contribution in [2.24, 2.45) is 0 Å². The summed E-state index contributed by atoms with van der Waals surface area (Å²) in [7, 11) is 1.67. The van der Waals surface area contributed by atoms with E-state index in [0.29, 0.717) is 13.2 Å². The summed E-state index contributed by atoms with van der Waals surface area (Å²) in [6, 6.07) is 0. The fraction of sp³-hybridized carbons (Fsp3) is 0.714. The minimum Gasteiger partial charge on any atom is -0.382 e. The van der Waals surface area contributed by atoms with Gasteiger partial charge in [0.05, 0.1) is 13.2 Å². The predicted molar refractivity (Wildman–Crippen MR) is 81.5 cm³/mol. The molecule has 0 radical (unpaired) electrons. The maximum Gasteiger partial charge on any atom is 0.134 e. The Morgan fingerprint density at radius 1 is 1.00 bits per heavy atom.